The third kappa shape index (κ3) is 8.40. The summed E-state index contributed by atoms with van der Waals surface area (Å²) in [6.45, 7) is 0. The number of carbonyl (C=O) groups is 1. The van der Waals surface area contributed by atoms with Gasteiger partial charge in [0.2, 0.25) is 0 Å². The van der Waals surface area contributed by atoms with Crippen LogP contribution in [0.1, 0.15) is 11.1 Å². The van der Waals surface area contributed by atoms with E-state index in [0.29, 0.717) is 0 Å². The number of phenolic OH excluding ortho intramolecular Hbond substituents is 1. The summed E-state index contributed by atoms with van der Waals surface area (Å²) in [7, 11) is 0. The van der Waals surface area contributed by atoms with Crippen molar-refractivity contribution in [1.29, 1.82) is 0 Å². The summed E-state index contributed by atoms with van der Waals surface area (Å²) >= 11 is -0.517. The molecule has 1 atom stereocenters. The molecule has 0 unspecified atom stereocenters. The zero-order valence-corrected chi connectivity index (χ0v) is 21.2. The molecule has 0 saturated carbocycles. The molecule has 1 N–H and O–H groups in total. The van der Waals surface area contributed by atoms with E-state index in [1.165, 1.54) is 25.5 Å². The van der Waals surface area contributed by atoms with Gasteiger partial charge in [0.1, 0.15) is 5.75 Å². The number of hydrogen-bond donors (Lipinski definition) is 1. The Bertz CT molecular complexity index is 1160. The Morgan fingerprint density at radius 1 is 0.853 bits per heavy atom. The van der Waals surface area contributed by atoms with Gasteiger partial charge < -0.3 is 20.1 Å². The molecule has 5 nitrogen and oxygen atoms in total. The number of nitrogens with zero attached hydrogens (tertiary/aromatic N) is 1. The van der Waals surface area contributed by atoms with Crippen molar-refractivity contribution in [3.05, 3.63) is 120 Å². The fourth-order valence-electron chi connectivity index (χ4n) is 3.04. The number of aromatic hydroxyl groups is 1. The predicted octanol–water partition coefficient (Wildman–Crippen LogP) is 1.59. The van der Waals surface area contributed by atoms with Crippen molar-refractivity contribution in [2.45, 2.75) is 12.5 Å². The van der Waals surface area contributed by atoms with Gasteiger partial charge in [0, 0.05) is 12.6 Å². The van der Waals surface area contributed by atoms with Crippen LogP contribution in [-0.2, 0) is 11.2 Å². The molecule has 0 saturated heterocycles. The van der Waals surface area contributed by atoms with Gasteiger partial charge in [0.15, 0.2) is 0 Å². The Hall–Kier alpha value is -3.58. The van der Waals surface area contributed by atoms with E-state index in [1.807, 2.05) is 6.07 Å². The normalized spacial score (nSPS) is 11.2. The number of phenols is 1. The van der Waals surface area contributed by atoms with E-state index < -0.39 is 38.9 Å². The van der Waals surface area contributed by atoms with Crippen molar-refractivity contribution in [2.24, 2.45) is 4.99 Å². The van der Waals surface area contributed by atoms with Gasteiger partial charge in [-0.05, 0) is 23.3 Å². The third-order valence-electron chi connectivity index (χ3n) is 4.77. The Morgan fingerprint density at radius 3 is 1.88 bits per heavy atom. The Kier molecular flexibility index (Phi) is 9.73. The number of aliphatic imine (C=N–C) groups is 1. The maximum absolute atomic E-state index is 11.6. The second-order valence-corrected chi connectivity index (χ2v) is 11.4. The van der Waals surface area contributed by atoms with Crippen LogP contribution in [0.2, 0.25) is 0 Å². The fraction of sp³-hybridized carbons (Fsp3) is 0.0714. The van der Waals surface area contributed by atoms with E-state index in [4.69, 9.17) is 5.11 Å². The summed E-state index contributed by atoms with van der Waals surface area (Å²) in [5.41, 5.74) is 1.03. The van der Waals surface area contributed by atoms with Gasteiger partial charge in [-0.25, -0.2) is 0 Å². The van der Waals surface area contributed by atoms with Crippen molar-refractivity contribution in [3.63, 3.8) is 0 Å². The van der Waals surface area contributed by atoms with Gasteiger partial charge in [0.25, 0.3) is 0 Å². The summed E-state index contributed by atoms with van der Waals surface area (Å²) in [5.74, 6) is -1.87. The number of aliphatic carboxylic acids is 1. The minimum absolute atomic E-state index is 0.141. The number of carboxylic acid groups (broad SMARTS) is 1. The predicted molar refractivity (Wildman–Crippen MR) is 132 cm³/mol. The van der Waals surface area contributed by atoms with Crippen LogP contribution in [-0.4, -0.2) is 44.5 Å². The molecule has 0 aromatic heterocycles. The van der Waals surface area contributed by atoms with Crippen LogP contribution in [0, 0.1) is 0 Å². The first-order chi connectivity index (χ1) is 16.5. The molecule has 6 heteroatoms. The summed E-state index contributed by atoms with van der Waals surface area (Å²) in [5, 5.41) is 31.8. The van der Waals surface area contributed by atoms with Crippen molar-refractivity contribution >= 4 is 40.5 Å². The Labute approximate surface area is 209 Å². The van der Waals surface area contributed by atoms with E-state index in [9.17, 15) is 15.0 Å². The van der Waals surface area contributed by atoms with Crippen molar-refractivity contribution in [2.75, 3.05) is 0 Å². The first-order valence-electron chi connectivity index (χ1n) is 10.7. The maximum atomic E-state index is 11.6. The van der Waals surface area contributed by atoms with E-state index in [2.05, 4.69) is 65.7 Å². The molecule has 0 bridgehead atoms. The topological polar surface area (TPSA) is 95.8 Å². The van der Waals surface area contributed by atoms with Crippen LogP contribution in [0.5, 0.6) is 11.5 Å². The van der Waals surface area contributed by atoms with E-state index in [0.717, 1.165) is 11.6 Å². The van der Waals surface area contributed by atoms with Crippen molar-refractivity contribution in [3.8, 4) is 11.5 Å². The van der Waals surface area contributed by atoms with E-state index in [-0.39, 0.29) is 17.7 Å². The first-order valence-corrected chi connectivity index (χ1v) is 13.5. The molecule has 0 spiro atoms. The van der Waals surface area contributed by atoms with Gasteiger partial charge in [0.05, 0.1) is 12.0 Å². The van der Waals surface area contributed by atoms with Gasteiger partial charge in [-0.2, -0.15) is 0 Å². The zero-order chi connectivity index (χ0) is 24.2. The molecule has 0 amide bonds. The third-order valence-corrected chi connectivity index (χ3v) is 8.32. The van der Waals surface area contributed by atoms with Crippen LogP contribution >= 0.6 is 0 Å². The molecule has 0 radical (unpaired) electrons. The van der Waals surface area contributed by atoms with Crippen molar-refractivity contribution < 1.29 is 20.1 Å². The van der Waals surface area contributed by atoms with Gasteiger partial charge >= 0.3 is 89.0 Å². The molecule has 0 aliphatic heterocycles. The summed E-state index contributed by atoms with van der Waals surface area (Å²) in [4.78, 5) is 15.0. The van der Waals surface area contributed by atoms with Gasteiger partial charge in [-0.3, -0.25) is 4.99 Å². The Morgan fingerprint density at radius 2 is 1.38 bits per heavy atom. The van der Waals surface area contributed by atoms with Crippen LogP contribution in [0.4, 0.5) is 0 Å². The molecule has 4 aromatic carbocycles. The fourth-order valence-corrected chi connectivity index (χ4v) is 6.05. The number of hydrogen-bond acceptors (Lipinski definition) is 5. The number of rotatable bonds is 7. The molecule has 4 aromatic rings. The van der Waals surface area contributed by atoms with E-state index >= 15 is 0 Å². The molecule has 0 heterocycles. The molecular weight excluding hydrogens is 533 g/mol. The monoisotopic (exact) mass is 557 g/mol. The average Bonchev–Trinajstić information content (AvgIpc) is 2.85. The van der Waals surface area contributed by atoms with Gasteiger partial charge in [-0.15, -0.1) is 0 Å². The number of carbonyl (C=O) groups excluding carboxylic acids is 1. The molecule has 4 rings (SSSR count). The molecule has 0 aliphatic carbocycles. The summed E-state index contributed by atoms with van der Waals surface area (Å²) in [6, 6.07) is 33.3. The quantitative estimate of drug-likeness (QED) is 0.277. The summed E-state index contributed by atoms with van der Waals surface area (Å²) in [6.07, 6.45) is 1.39. The van der Waals surface area contributed by atoms with Gasteiger partial charge in [-0.1, -0.05) is 42.1 Å². The van der Waals surface area contributed by atoms with Crippen LogP contribution in [0.3, 0.4) is 0 Å². The molecular formula is C28H23NO4Sn. The van der Waals surface area contributed by atoms with Crippen molar-refractivity contribution in [1.82, 2.24) is 0 Å². The van der Waals surface area contributed by atoms with E-state index in [1.54, 1.807) is 24.3 Å². The number of carboxylic acids is 1. The second-order valence-electron chi connectivity index (χ2n) is 7.38. The summed E-state index contributed by atoms with van der Waals surface area (Å²) < 4.78 is 3.08. The van der Waals surface area contributed by atoms with Crippen LogP contribution in [0.15, 0.2) is 114 Å². The average molecular weight is 556 g/mol. The van der Waals surface area contributed by atoms with Crippen LogP contribution in [0.25, 0.3) is 0 Å². The molecule has 0 fully saturated rings. The number of benzene rings is 4. The first kappa shape index (κ1) is 25.0. The van der Waals surface area contributed by atoms with Crippen LogP contribution < -0.4 is 17.4 Å². The standard InChI is InChI=1S/C16H15NO4.2C6H5.Sn/c18-13-7-6-12(15(19)9-13)10-17-14(16(20)21)8-11-4-2-1-3-5-11;2*1-2-4-6-5-3-1;/h1-7,9-10,14,18-19H,8H2,(H,20,21);2*1-5H;/q;;;+2/p-2/t14-;;;/m0.../s1. The SMILES string of the molecule is O=C([O-])[C@H](Cc1ccccc1)N=Cc1ccc(O)cc1[O-].c1cc[c]([Sn+2][c]2ccccc2)cc1. The molecule has 168 valence electrons. The molecule has 34 heavy (non-hydrogen) atoms. The Balaban J connectivity index is 0.000000212. The zero-order valence-electron chi connectivity index (χ0n) is 18.4. The second kappa shape index (κ2) is 13.2. The molecule has 0 aliphatic rings. The minimum atomic E-state index is -1.30.